The lowest BCUT2D eigenvalue weighted by molar-refractivity contribution is -0.139. The molecule has 2 saturated heterocycles. The summed E-state index contributed by atoms with van der Waals surface area (Å²) in [6.07, 6.45) is 4.59. The standard InChI is InChI=1S/C21H27ClN2O5/c1-21(2)6-3-11(4-7-21)15(12-5-8-28-17(12)19(23)26)20(27)24-9-13(22)18-16(24)14(25)10-29-18/h5,8,11,13,15-16,18H,3-4,6-7,9-10H2,1-2H3,(H2,23,26)/t13-,15-,16+,18+/m0/s1. The summed E-state index contributed by atoms with van der Waals surface area (Å²) in [7, 11) is 0. The first kappa shape index (κ1) is 20.4. The molecule has 2 amide bonds. The molecule has 2 N–H and O–H groups in total. The molecule has 158 valence electrons. The highest BCUT2D eigenvalue weighted by atomic mass is 35.5. The molecule has 1 aromatic rings. The molecule has 1 aliphatic carbocycles. The Morgan fingerprint density at radius 2 is 2.00 bits per heavy atom. The Balaban J connectivity index is 1.69. The van der Waals surface area contributed by atoms with Crippen molar-refractivity contribution in [3.8, 4) is 0 Å². The average Bonchev–Trinajstić information content (AvgIpc) is 3.35. The largest absolute Gasteiger partial charge is 0.459 e. The van der Waals surface area contributed by atoms with Crippen LogP contribution in [0.2, 0.25) is 0 Å². The maximum atomic E-state index is 13.8. The van der Waals surface area contributed by atoms with E-state index < -0.39 is 29.3 Å². The van der Waals surface area contributed by atoms with Gasteiger partial charge in [-0.15, -0.1) is 11.6 Å². The zero-order chi connectivity index (χ0) is 20.9. The molecular weight excluding hydrogens is 396 g/mol. The molecule has 3 fully saturated rings. The van der Waals surface area contributed by atoms with E-state index in [1.165, 1.54) is 6.26 Å². The number of Topliss-reactive ketones (excluding diaryl/α,β-unsaturated/α-hetero) is 1. The third-order valence-corrected chi connectivity index (χ3v) is 7.17. The number of hydrogen-bond acceptors (Lipinski definition) is 5. The molecule has 2 aliphatic heterocycles. The molecule has 7 nitrogen and oxygen atoms in total. The second-order valence-electron chi connectivity index (χ2n) is 9.24. The van der Waals surface area contributed by atoms with Crippen LogP contribution in [-0.4, -0.2) is 53.2 Å². The summed E-state index contributed by atoms with van der Waals surface area (Å²) in [5.41, 5.74) is 6.23. The summed E-state index contributed by atoms with van der Waals surface area (Å²) in [4.78, 5) is 39.6. The molecule has 3 heterocycles. The molecule has 8 heteroatoms. The van der Waals surface area contributed by atoms with Crippen LogP contribution >= 0.6 is 11.6 Å². The van der Waals surface area contributed by atoms with E-state index in [0.717, 1.165) is 25.7 Å². The van der Waals surface area contributed by atoms with Crippen molar-refractivity contribution in [2.24, 2.45) is 17.1 Å². The first-order valence-electron chi connectivity index (χ1n) is 10.2. The number of amides is 2. The number of rotatable bonds is 4. The van der Waals surface area contributed by atoms with Gasteiger partial charge >= 0.3 is 0 Å². The van der Waals surface area contributed by atoms with Crippen LogP contribution < -0.4 is 5.73 Å². The quantitative estimate of drug-likeness (QED) is 0.751. The van der Waals surface area contributed by atoms with Crippen molar-refractivity contribution in [1.29, 1.82) is 0 Å². The second-order valence-corrected chi connectivity index (χ2v) is 9.80. The first-order valence-corrected chi connectivity index (χ1v) is 10.6. The van der Waals surface area contributed by atoms with E-state index in [2.05, 4.69) is 13.8 Å². The number of carbonyl (C=O) groups excluding carboxylic acids is 3. The Kier molecular flexibility index (Phi) is 5.23. The Morgan fingerprint density at radius 3 is 2.66 bits per heavy atom. The van der Waals surface area contributed by atoms with Gasteiger partial charge in [0.25, 0.3) is 5.91 Å². The highest BCUT2D eigenvalue weighted by Gasteiger charge is 2.53. The van der Waals surface area contributed by atoms with E-state index in [9.17, 15) is 14.4 Å². The van der Waals surface area contributed by atoms with Gasteiger partial charge in [0.15, 0.2) is 11.5 Å². The average molecular weight is 423 g/mol. The fourth-order valence-corrected chi connectivity index (χ4v) is 5.47. The van der Waals surface area contributed by atoms with Crippen LogP contribution in [0.5, 0.6) is 0 Å². The van der Waals surface area contributed by atoms with Crippen LogP contribution in [0.15, 0.2) is 16.7 Å². The van der Waals surface area contributed by atoms with Gasteiger partial charge in [-0.3, -0.25) is 14.4 Å². The first-order chi connectivity index (χ1) is 13.7. The van der Waals surface area contributed by atoms with Crippen molar-refractivity contribution >= 4 is 29.2 Å². The number of ketones is 1. The van der Waals surface area contributed by atoms with E-state index >= 15 is 0 Å². The summed E-state index contributed by atoms with van der Waals surface area (Å²) in [6, 6.07) is 0.998. The number of fused-ring (bicyclic) bond motifs is 1. The number of alkyl halides is 1. The summed E-state index contributed by atoms with van der Waals surface area (Å²) in [5, 5.41) is -0.429. The third kappa shape index (κ3) is 3.59. The van der Waals surface area contributed by atoms with Crippen molar-refractivity contribution in [3.05, 3.63) is 23.7 Å². The molecule has 0 radical (unpaired) electrons. The number of furan rings is 1. The van der Waals surface area contributed by atoms with Gasteiger partial charge in [-0.1, -0.05) is 13.8 Å². The third-order valence-electron chi connectivity index (χ3n) is 6.78. The predicted octanol–water partition coefficient (Wildman–Crippen LogP) is 2.46. The zero-order valence-corrected chi connectivity index (χ0v) is 17.5. The van der Waals surface area contributed by atoms with Crippen LogP contribution in [0.4, 0.5) is 0 Å². The van der Waals surface area contributed by atoms with E-state index in [4.69, 9.17) is 26.5 Å². The maximum absolute atomic E-state index is 13.8. The van der Waals surface area contributed by atoms with Crippen molar-refractivity contribution in [1.82, 2.24) is 4.90 Å². The molecular formula is C21H27ClN2O5. The van der Waals surface area contributed by atoms with Crippen molar-refractivity contribution in [2.75, 3.05) is 13.2 Å². The summed E-state index contributed by atoms with van der Waals surface area (Å²) in [5.74, 6) is -1.57. The molecule has 0 aromatic carbocycles. The van der Waals surface area contributed by atoms with Crippen LogP contribution in [0, 0.1) is 11.3 Å². The number of likely N-dealkylation sites (tertiary alicyclic amines) is 1. The molecule has 0 unspecified atom stereocenters. The lowest BCUT2D eigenvalue weighted by Crippen LogP contribution is -2.46. The minimum absolute atomic E-state index is 0.0142. The lowest BCUT2D eigenvalue weighted by atomic mass is 9.68. The van der Waals surface area contributed by atoms with E-state index in [0.29, 0.717) is 5.56 Å². The minimum atomic E-state index is -0.700. The van der Waals surface area contributed by atoms with Crippen LogP contribution in [0.3, 0.4) is 0 Å². The fourth-order valence-electron chi connectivity index (χ4n) is 5.11. The van der Waals surface area contributed by atoms with Gasteiger partial charge in [0.1, 0.15) is 18.8 Å². The Hall–Kier alpha value is -1.86. The molecule has 4 atom stereocenters. The predicted molar refractivity (Wildman–Crippen MR) is 106 cm³/mol. The van der Waals surface area contributed by atoms with Gasteiger partial charge in [0, 0.05) is 12.1 Å². The molecule has 1 aromatic heterocycles. The number of hydrogen-bond donors (Lipinski definition) is 1. The van der Waals surface area contributed by atoms with Gasteiger partial charge in [0.05, 0.1) is 17.6 Å². The van der Waals surface area contributed by atoms with Crippen LogP contribution in [0.1, 0.15) is 61.6 Å². The lowest BCUT2D eigenvalue weighted by Gasteiger charge is -2.39. The highest BCUT2D eigenvalue weighted by Crippen LogP contribution is 2.46. The van der Waals surface area contributed by atoms with E-state index in [1.807, 2.05) is 0 Å². The highest BCUT2D eigenvalue weighted by molar-refractivity contribution is 6.22. The number of primary amides is 1. The number of carbonyl (C=O) groups is 3. The van der Waals surface area contributed by atoms with Crippen molar-refractivity contribution in [3.63, 3.8) is 0 Å². The van der Waals surface area contributed by atoms with Crippen LogP contribution in [0.25, 0.3) is 0 Å². The number of nitrogens with zero attached hydrogens (tertiary/aromatic N) is 1. The van der Waals surface area contributed by atoms with Gasteiger partial charge in [-0.25, -0.2) is 0 Å². The SMILES string of the molecule is CC1(C)CCC([C@H](C(=O)N2C[C@H](Cl)[C@H]3OCC(=O)[C@H]32)c2ccoc2C(N)=O)CC1. The van der Waals surface area contributed by atoms with E-state index in [1.54, 1.807) is 11.0 Å². The molecule has 1 saturated carbocycles. The number of ether oxygens (including phenoxy) is 1. The Bertz CT molecular complexity index is 825. The smallest absolute Gasteiger partial charge is 0.284 e. The molecule has 0 bridgehead atoms. The van der Waals surface area contributed by atoms with Crippen LogP contribution in [-0.2, 0) is 14.3 Å². The Labute approximate surface area is 174 Å². The topological polar surface area (TPSA) is 103 Å². The normalized spacial score (nSPS) is 30.4. The Morgan fingerprint density at radius 1 is 1.31 bits per heavy atom. The monoisotopic (exact) mass is 422 g/mol. The second kappa shape index (κ2) is 7.43. The maximum Gasteiger partial charge on any atom is 0.284 e. The van der Waals surface area contributed by atoms with Crippen molar-refractivity contribution in [2.45, 2.75) is 63.0 Å². The summed E-state index contributed by atoms with van der Waals surface area (Å²) >= 11 is 6.39. The summed E-state index contributed by atoms with van der Waals surface area (Å²) < 4.78 is 10.8. The van der Waals surface area contributed by atoms with Crippen molar-refractivity contribution < 1.29 is 23.5 Å². The minimum Gasteiger partial charge on any atom is -0.459 e. The molecule has 3 aliphatic rings. The summed E-state index contributed by atoms with van der Waals surface area (Å²) in [6.45, 7) is 4.68. The number of nitrogens with two attached hydrogens (primary N) is 1. The van der Waals surface area contributed by atoms with Gasteiger partial charge < -0.3 is 19.8 Å². The molecule has 4 rings (SSSR count). The van der Waals surface area contributed by atoms with Gasteiger partial charge in [-0.05, 0) is 43.1 Å². The fraction of sp³-hybridized carbons (Fsp3) is 0.667. The molecule has 0 spiro atoms. The number of halogens is 1. The van der Waals surface area contributed by atoms with Gasteiger partial charge in [-0.2, -0.15) is 0 Å². The van der Waals surface area contributed by atoms with E-state index in [-0.39, 0.29) is 41.9 Å². The van der Waals surface area contributed by atoms with Gasteiger partial charge in [0.2, 0.25) is 5.91 Å². The zero-order valence-electron chi connectivity index (χ0n) is 16.7. The molecule has 29 heavy (non-hydrogen) atoms.